The van der Waals surface area contributed by atoms with Crippen molar-refractivity contribution in [2.24, 2.45) is 23.2 Å². The maximum Gasteiger partial charge on any atom is 0.296 e. The topological polar surface area (TPSA) is 61.8 Å². The highest BCUT2D eigenvalue weighted by atomic mass is 32.2. The minimum Gasteiger partial charge on any atom is -0.410 e. The van der Waals surface area contributed by atoms with Gasteiger partial charge in [0.2, 0.25) is 0 Å². The van der Waals surface area contributed by atoms with Crippen LogP contribution in [0, 0.1) is 30.1 Å². The van der Waals surface area contributed by atoms with Crippen LogP contribution in [0.15, 0.2) is 64.6 Å². The first kappa shape index (κ1) is 40.5. The van der Waals surface area contributed by atoms with E-state index in [4.69, 9.17) is 13.0 Å². The van der Waals surface area contributed by atoms with Crippen LogP contribution in [0.2, 0.25) is 36.3 Å². The molecular formula is C41H68O5SSi2. The highest BCUT2D eigenvalue weighted by molar-refractivity contribution is 7.86. The van der Waals surface area contributed by atoms with Crippen molar-refractivity contribution >= 4 is 26.8 Å². The van der Waals surface area contributed by atoms with E-state index >= 15 is 0 Å². The lowest BCUT2D eigenvalue weighted by atomic mass is 9.61. The van der Waals surface area contributed by atoms with Gasteiger partial charge in [0.25, 0.3) is 10.1 Å². The fourth-order valence-corrected chi connectivity index (χ4v) is 11.6. The number of benzene rings is 1. The largest absolute Gasteiger partial charge is 0.410 e. The summed E-state index contributed by atoms with van der Waals surface area (Å²) in [7, 11) is -7.83. The highest BCUT2D eigenvalue weighted by Gasteiger charge is 2.51. The van der Waals surface area contributed by atoms with Crippen molar-refractivity contribution in [1.29, 1.82) is 0 Å². The average molecular weight is 729 g/mol. The summed E-state index contributed by atoms with van der Waals surface area (Å²) in [5, 5.41) is 0.232. The molecule has 3 saturated carbocycles. The Bertz CT molecular complexity index is 1470. The van der Waals surface area contributed by atoms with Gasteiger partial charge in [0.05, 0.1) is 23.7 Å². The van der Waals surface area contributed by atoms with E-state index in [0.29, 0.717) is 11.8 Å². The molecule has 0 heterocycles. The molecule has 0 aromatic heterocycles. The Morgan fingerprint density at radius 3 is 1.96 bits per heavy atom. The Hall–Kier alpha value is -1.30. The summed E-state index contributed by atoms with van der Waals surface area (Å²) in [5.41, 5.74) is 5.24. The molecule has 0 bridgehead atoms. The molecule has 4 rings (SSSR count). The number of hydrogen-bond donors (Lipinski definition) is 0. The fourth-order valence-electron chi connectivity index (χ4n) is 7.99. The average Bonchev–Trinajstić information content (AvgIpc) is 3.33. The normalized spacial score (nSPS) is 28.9. The zero-order chi connectivity index (χ0) is 36.8. The summed E-state index contributed by atoms with van der Waals surface area (Å²) in [4.78, 5) is 0.233. The zero-order valence-electron chi connectivity index (χ0n) is 33.2. The standard InChI is InChI=1S/C41H68O5SSi2/c1-29-17-21-34(22-18-29)47(42,43)44-28-30(2)35-23-24-36-33(16-15-25-41(35,36)10)20-19-32-26-37(45-48(11,12)39(4,5)6)31(3)38(27-32)46-49(13,14)40(7,8)9/h17-22,30,35-38H,3,15-16,23-28H2,1-2,4-14H3/t30-,35?,36?,37-,38-,41-/m1/s1. The van der Waals surface area contributed by atoms with Crippen LogP contribution >= 0.6 is 0 Å². The maximum atomic E-state index is 13.0. The Kier molecular flexibility index (Phi) is 12.1. The minimum absolute atomic E-state index is 0.0291. The third-order valence-electron chi connectivity index (χ3n) is 13.3. The van der Waals surface area contributed by atoms with Crippen molar-refractivity contribution < 1.29 is 21.5 Å². The van der Waals surface area contributed by atoms with Crippen LogP contribution in [-0.2, 0) is 23.2 Å². The van der Waals surface area contributed by atoms with Crippen LogP contribution < -0.4 is 0 Å². The molecule has 276 valence electrons. The van der Waals surface area contributed by atoms with Gasteiger partial charge in [-0.05, 0) is 129 Å². The van der Waals surface area contributed by atoms with Crippen molar-refractivity contribution in [2.45, 2.75) is 161 Å². The van der Waals surface area contributed by atoms with Gasteiger partial charge < -0.3 is 8.85 Å². The molecule has 0 spiro atoms. The molecule has 0 radical (unpaired) electrons. The lowest BCUT2D eigenvalue weighted by Gasteiger charge is -2.46. The molecule has 3 aliphatic rings. The van der Waals surface area contributed by atoms with Crippen LogP contribution in [0.1, 0.15) is 106 Å². The van der Waals surface area contributed by atoms with Gasteiger partial charge >= 0.3 is 0 Å². The number of hydrogen-bond acceptors (Lipinski definition) is 5. The fraction of sp³-hybridized carbons (Fsp3) is 0.707. The summed E-state index contributed by atoms with van der Waals surface area (Å²) in [5.74, 6) is 1.08. The predicted octanol–water partition coefficient (Wildman–Crippen LogP) is 11.5. The number of rotatable bonds is 10. The van der Waals surface area contributed by atoms with Crippen molar-refractivity contribution in [3.8, 4) is 0 Å². The maximum absolute atomic E-state index is 13.0. The van der Waals surface area contributed by atoms with Gasteiger partial charge in [-0.25, -0.2) is 0 Å². The first-order valence-corrected chi connectivity index (χ1v) is 26.0. The SMILES string of the molecule is C=C1[C@H](O[Si](C)(C)C(C)(C)C)CC(=CC=C2CCC[C@@]3(C)C2CCC3[C@H](C)COS(=O)(=O)c2ccc(C)cc2)C[C@H]1O[Si](C)(C)C(C)(C)C. The van der Waals surface area contributed by atoms with Gasteiger partial charge in [-0.2, -0.15) is 8.42 Å². The number of fused-ring (bicyclic) bond motifs is 1. The zero-order valence-corrected chi connectivity index (χ0v) is 36.0. The van der Waals surface area contributed by atoms with Gasteiger partial charge in [0.15, 0.2) is 16.6 Å². The van der Waals surface area contributed by atoms with E-state index in [0.717, 1.165) is 43.2 Å². The molecule has 5 nitrogen and oxygen atoms in total. The van der Waals surface area contributed by atoms with E-state index in [1.54, 1.807) is 17.7 Å². The Labute approximate surface area is 302 Å². The number of aryl methyl sites for hydroxylation is 1. The first-order chi connectivity index (χ1) is 22.4. The third-order valence-corrected chi connectivity index (χ3v) is 23.5. The summed E-state index contributed by atoms with van der Waals surface area (Å²) in [6.07, 6.45) is 12.3. The van der Waals surface area contributed by atoms with E-state index in [1.165, 1.54) is 18.4 Å². The van der Waals surface area contributed by atoms with Crippen molar-refractivity contribution in [1.82, 2.24) is 0 Å². The van der Waals surface area contributed by atoms with Gasteiger partial charge in [0.1, 0.15) is 0 Å². The summed E-state index contributed by atoms with van der Waals surface area (Å²) in [6.45, 7) is 34.6. The van der Waals surface area contributed by atoms with Gasteiger partial charge in [-0.3, -0.25) is 4.18 Å². The Morgan fingerprint density at radius 2 is 1.45 bits per heavy atom. The first-order valence-electron chi connectivity index (χ1n) is 18.8. The summed E-state index contributed by atoms with van der Waals surface area (Å²) >= 11 is 0. The molecule has 0 aliphatic heterocycles. The lowest BCUT2D eigenvalue weighted by Crippen LogP contribution is -2.49. The van der Waals surface area contributed by atoms with Crippen molar-refractivity contribution in [3.05, 3.63) is 65.3 Å². The van der Waals surface area contributed by atoms with Crippen LogP contribution in [0.3, 0.4) is 0 Å². The molecule has 1 aromatic rings. The molecule has 8 heteroatoms. The van der Waals surface area contributed by atoms with Crippen LogP contribution in [0.4, 0.5) is 0 Å². The highest BCUT2D eigenvalue weighted by Crippen LogP contribution is 2.59. The molecule has 6 atom stereocenters. The molecule has 3 aliphatic carbocycles. The van der Waals surface area contributed by atoms with Crippen LogP contribution in [0.5, 0.6) is 0 Å². The Balaban J connectivity index is 1.54. The monoisotopic (exact) mass is 728 g/mol. The van der Waals surface area contributed by atoms with Gasteiger partial charge in [-0.1, -0.05) is 103 Å². The molecular weight excluding hydrogens is 661 g/mol. The van der Waals surface area contributed by atoms with E-state index in [1.807, 2.05) is 19.1 Å². The lowest BCUT2D eigenvalue weighted by molar-refractivity contribution is 0.0760. The van der Waals surface area contributed by atoms with E-state index in [9.17, 15) is 8.42 Å². The molecule has 2 unspecified atom stereocenters. The number of allylic oxidation sites excluding steroid dienone is 3. The van der Waals surface area contributed by atoms with Crippen LogP contribution in [0.25, 0.3) is 0 Å². The van der Waals surface area contributed by atoms with Crippen LogP contribution in [-0.4, -0.2) is 43.9 Å². The Morgan fingerprint density at radius 1 is 0.918 bits per heavy atom. The summed E-state index contributed by atoms with van der Waals surface area (Å²) in [6, 6.07) is 6.92. The van der Waals surface area contributed by atoms with Gasteiger partial charge in [0, 0.05) is 0 Å². The van der Waals surface area contributed by atoms with E-state index in [2.05, 4.69) is 100 Å². The van der Waals surface area contributed by atoms with E-state index < -0.39 is 26.8 Å². The molecule has 49 heavy (non-hydrogen) atoms. The molecule has 3 fully saturated rings. The molecule has 0 N–H and O–H groups in total. The third kappa shape index (κ3) is 9.02. The second-order valence-corrected chi connectivity index (χ2v) is 30.0. The molecule has 0 saturated heterocycles. The minimum atomic E-state index is -3.78. The van der Waals surface area contributed by atoms with Crippen molar-refractivity contribution in [3.63, 3.8) is 0 Å². The van der Waals surface area contributed by atoms with Gasteiger partial charge in [-0.15, -0.1) is 0 Å². The predicted molar refractivity (Wildman–Crippen MR) is 210 cm³/mol. The second kappa shape index (κ2) is 14.6. The second-order valence-electron chi connectivity index (χ2n) is 18.9. The smallest absolute Gasteiger partial charge is 0.296 e. The quantitative estimate of drug-likeness (QED) is 0.136. The molecule has 1 aromatic carbocycles. The van der Waals surface area contributed by atoms with Crippen molar-refractivity contribution in [2.75, 3.05) is 6.61 Å². The van der Waals surface area contributed by atoms with E-state index in [-0.39, 0.29) is 45.1 Å². The summed E-state index contributed by atoms with van der Waals surface area (Å²) < 4.78 is 45.8. The molecule has 0 amide bonds.